The Morgan fingerprint density at radius 3 is 0.275 bits per heavy atom. The molecule has 0 radical (unpaired) electrons. The van der Waals surface area contributed by atoms with Gasteiger partial charge >= 0.3 is 19.8 Å². The van der Waals surface area contributed by atoms with Gasteiger partial charge in [0.25, 0.3) is 0 Å². The first-order valence-electron chi connectivity index (χ1n) is 46.6. The topological polar surface area (TPSA) is 418 Å². The molecule has 0 N–H and O–H groups in total. The van der Waals surface area contributed by atoms with Crippen molar-refractivity contribution < 1.29 is 59.4 Å². The number of nitrogens with zero attached hydrogens (tertiary/aromatic N) is 20. The molecule has 149 heavy (non-hydrogen) atoms. The van der Waals surface area contributed by atoms with Crippen molar-refractivity contribution in [3.8, 4) is 91.1 Å². The molecule has 20 aromatic heterocycles. The molecule has 29 heteroatoms. The number of pyridine rings is 20. The Bertz CT molecular complexity index is 6030. The number of carbonyl (C=O) groups excluding carboxylic acids is 4. The van der Waals surface area contributed by atoms with Gasteiger partial charge in [-0.1, -0.05) is 24.3 Å². The van der Waals surface area contributed by atoms with Gasteiger partial charge in [0.05, 0.1) is 138 Å². The van der Waals surface area contributed by atoms with Crippen LogP contribution in [-0.4, -0.2) is 124 Å². The van der Waals surface area contributed by atoms with Gasteiger partial charge in [-0.3, -0.25) is 99.7 Å². The minimum absolute atomic E-state index is 0. The zero-order valence-corrected chi connectivity index (χ0v) is 88.1. The number of hydrogen-bond acceptors (Lipinski definition) is 28. The smallest absolute Gasteiger partial charge is 0.543 e. The number of hydrogen-bond donors (Lipinski definition) is 0. The summed E-state index contributed by atoms with van der Waals surface area (Å²) in [7, 11) is 0. The molecule has 0 spiro atoms. The predicted molar refractivity (Wildman–Crippen MR) is 570 cm³/mol. The molecular formula is C120H112N20O8Os. The van der Waals surface area contributed by atoms with Gasteiger partial charge in [0, 0.05) is 124 Å². The zero-order valence-electron chi connectivity index (χ0n) is 85.5. The van der Waals surface area contributed by atoms with E-state index in [9.17, 15) is 39.6 Å². The quantitative estimate of drug-likeness (QED) is 0.110. The van der Waals surface area contributed by atoms with Crippen LogP contribution in [0.5, 0.6) is 0 Å². The van der Waals surface area contributed by atoms with E-state index >= 15 is 0 Å². The van der Waals surface area contributed by atoms with E-state index in [4.69, 9.17) is 0 Å². The molecule has 0 saturated heterocycles. The maximum atomic E-state index is 10.0. The molecule has 0 unspecified atom stereocenters. The minimum Gasteiger partial charge on any atom is -0.543 e. The first-order valence-corrected chi connectivity index (χ1v) is 46.6. The molecule has 20 heterocycles. The number of rotatable bonds is 12. The first-order chi connectivity index (χ1) is 71.3. The Kier molecular flexibility index (Phi) is 48.3. The van der Waals surface area contributed by atoms with Crippen LogP contribution in [0.3, 0.4) is 0 Å². The molecule has 0 aromatic carbocycles. The van der Waals surface area contributed by atoms with Crippen molar-refractivity contribution in [1.82, 2.24) is 99.7 Å². The van der Waals surface area contributed by atoms with E-state index in [1.807, 2.05) is 293 Å². The average Bonchev–Trinajstić information content (AvgIpc) is 0.881. The van der Waals surface area contributed by atoms with Crippen LogP contribution in [-0.2, 0) is 19.8 Å². The summed E-state index contributed by atoms with van der Waals surface area (Å²) >= 11 is 0. The summed E-state index contributed by atoms with van der Waals surface area (Å²) < 4.78 is 0. The standard InChI is InChI=1S/8C12H12N2.4C6H5NO2.Os/c8*1-9-3-5-13-11(7-9)12-8-10(2)4-6-14-12;4*8-6(9)5-3-1-2-4-7-5;/h8*3-8H,1-2H3;4*1-4H,(H,8,9);/q;;;;;;;;;;;;+4/p-4. The molecule has 0 amide bonds. The van der Waals surface area contributed by atoms with Crippen LogP contribution in [0.4, 0.5) is 0 Å². The van der Waals surface area contributed by atoms with Crippen molar-refractivity contribution in [2.45, 2.75) is 111 Å². The van der Waals surface area contributed by atoms with E-state index < -0.39 is 23.9 Å². The van der Waals surface area contributed by atoms with E-state index in [1.54, 1.807) is 48.5 Å². The summed E-state index contributed by atoms with van der Waals surface area (Å²) in [4.78, 5) is 123. The summed E-state index contributed by atoms with van der Waals surface area (Å²) in [5.41, 5.74) is 34.2. The van der Waals surface area contributed by atoms with Crippen LogP contribution in [0.2, 0.25) is 0 Å². The maximum absolute atomic E-state index is 10.0. The first kappa shape index (κ1) is 116. The summed E-state index contributed by atoms with van der Waals surface area (Å²) in [6, 6.07) is 83.0. The fourth-order valence-electron chi connectivity index (χ4n) is 12.8. The normalized spacial score (nSPS) is 9.77. The third kappa shape index (κ3) is 42.9. The summed E-state index contributed by atoms with van der Waals surface area (Å²) in [5, 5.41) is 40.1. The zero-order chi connectivity index (χ0) is 106. The van der Waals surface area contributed by atoms with Gasteiger partial charge in [-0.2, -0.15) is 0 Å². The van der Waals surface area contributed by atoms with E-state index in [0.29, 0.717) is 0 Å². The van der Waals surface area contributed by atoms with E-state index in [0.717, 1.165) is 91.1 Å². The van der Waals surface area contributed by atoms with Crippen LogP contribution in [0, 0.1) is 111 Å². The van der Waals surface area contributed by atoms with Crippen LogP contribution in [0.25, 0.3) is 91.1 Å². The number of aromatic nitrogens is 20. The number of aromatic carboxylic acids is 4. The molecule has 0 aliphatic heterocycles. The predicted octanol–water partition coefficient (Wildman–Crippen LogP) is 19.9. The van der Waals surface area contributed by atoms with Gasteiger partial charge in [-0.25, -0.2) is 0 Å². The van der Waals surface area contributed by atoms with Gasteiger partial charge in [-0.05, 0) is 442 Å². The monoisotopic (exact) mass is 2150 g/mol. The molecule has 0 aliphatic rings. The largest absolute Gasteiger partial charge is 4.00 e. The molecule has 0 fully saturated rings. The Balaban J connectivity index is 0.000000199. The molecular weight excluding hydrogens is 2040 g/mol. The van der Waals surface area contributed by atoms with E-state index in [-0.39, 0.29) is 42.6 Å². The van der Waals surface area contributed by atoms with Gasteiger partial charge in [0.2, 0.25) is 0 Å². The molecule has 20 rings (SSSR count). The van der Waals surface area contributed by atoms with Crippen molar-refractivity contribution in [3.63, 3.8) is 0 Å². The van der Waals surface area contributed by atoms with Crippen LogP contribution in [0.15, 0.2) is 391 Å². The van der Waals surface area contributed by atoms with Gasteiger partial charge < -0.3 is 39.6 Å². The van der Waals surface area contributed by atoms with Gasteiger partial charge in [0.1, 0.15) is 0 Å². The molecule has 0 bridgehead atoms. The van der Waals surface area contributed by atoms with Crippen LogP contribution in [0.1, 0.15) is 131 Å². The third-order valence-corrected chi connectivity index (χ3v) is 20.2. The molecule has 0 aliphatic carbocycles. The molecule has 20 aromatic rings. The second-order valence-corrected chi connectivity index (χ2v) is 33.5. The van der Waals surface area contributed by atoms with Crippen molar-refractivity contribution in [1.29, 1.82) is 0 Å². The second kappa shape index (κ2) is 62.2. The van der Waals surface area contributed by atoms with Crippen molar-refractivity contribution >= 4 is 23.9 Å². The van der Waals surface area contributed by atoms with Crippen molar-refractivity contribution in [2.24, 2.45) is 0 Å². The molecule has 0 saturated carbocycles. The Morgan fingerprint density at radius 2 is 0.221 bits per heavy atom. The minimum atomic E-state index is -1.24. The third-order valence-electron chi connectivity index (χ3n) is 20.2. The molecule has 0 atom stereocenters. The summed E-state index contributed by atoms with van der Waals surface area (Å²) in [6.45, 7) is 32.9. The Hall–Kier alpha value is -18.5. The van der Waals surface area contributed by atoms with Gasteiger partial charge in [0.15, 0.2) is 0 Å². The Morgan fingerprint density at radius 1 is 0.134 bits per heavy atom. The average molecular weight is 2150 g/mol. The van der Waals surface area contributed by atoms with Crippen molar-refractivity contribution in [2.75, 3.05) is 0 Å². The molecule has 748 valence electrons. The van der Waals surface area contributed by atoms with Gasteiger partial charge in [-0.15, -0.1) is 0 Å². The SMILES string of the molecule is Cc1ccnc(-c2cc(C)ccn2)c1.Cc1ccnc(-c2cc(C)ccn2)c1.Cc1ccnc(-c2cc(C)ccn2)c1.Cc1ccnc(-c2cc(C)ccn2)c1.Cc1ccnc(-c2cc(C)ccn2)c1.Cc1ccnc(-c2cc(C)ccn2)c1.Cc1ccnc(-c2cc(C)ccn2)c1.Cc1ccnc(-c2cc(C)ccn2)c1.O=C([O-])c1ccccn1.O=C([O-])c1ccccn1.O=C([O-])c1ccccn1.O=C([O-])c1ccccn1.[Os+4]. The maximum Gasteiger partial charge on any atom is 4.00 e. The fourth-order valence-corrected chi connectivity index (χ4v) is 12.8. The van der Waals surface area contributed by atoms with E-state index in [2.05, 4.69) is 210 Å². The van der Waals surface area contributed by atoms with Crippen molar-refractivity contribution in [3.05, 3.63) is 503 Å². The fraction of sp³-hybridized carbons (Fsp3) is 0.133. The number of carboxylic acids is 4. The number of carbonyl (C=O) groups is 4. The molecule has 28 nitrogen and oxygen atoms in total. The number of carboxylic acid groups (broad SMARTS) is 4. The van der Waals surface area contributed by atoms with E-state index in [1.165, 1.54) is 138 Å². The summed E-state index contributed by atoms with van der Waals surface area (Å²) in [5.74, 6) is -4.96. The van der Waals surface area contributed by atoms with Crippen LogP contribution >= 0.6 is 0 Å². The summed E-state index contributed by atoms with van der Waals surface area (Å²) in [6.07, 6.45) is 34.7. The Labute approximate surface area is 881 Å². The second-order valence-electron chi connectivity index (χ2n) is 33.5. The van der Waals surface area contributed by atoms with Crippen LogP contribution < -0.4 is 20.4 Å². The number of aryl methyl sites for hydroxylation is 16.